The average molecular weight is 270 g/mol. The molecule has 0 fully saturated rings. The molecule has 2 heterocycles. The van der Waals surface area contributed by atoms with Gasteiger partial charge in [-0.2, -0.15) is 0 Å². The van der Waals surface area contributed by atoms with Crippen LogP contribution in [0.4, 0.5) is 0 Å². The van der Waals surface area contributed by atoms with Crippen LogP contribution in [0.1, 0.15) is 0 Å². The van der Waals surface area contributed by atoms with E-state index in [4.69, 9.17) is 23.2 Å². The van der Waals surface area contributed by atoms with Crippen LogP contribution in [0.15, 0.2) is 16.9 Å². The third kappa shape index (κ3) is 1.40. The van der Waals surface area contributed by atoms with Crippen LogP contribution in [0.2, 0.25) is 10.0 Å². The smallest absolute Gasteiger partial charge is 0.277 e. The van der Waals surface area contributed by atoms with Crippen LogP contribution < -0.4 is 5.56 Å². The first kappa shape index (κ1) is 10.4. The largest absolute Gasteiger partial charge is 0.493 e. The third-order valence-corrected chi connectivity index (χ3v) is 3.26. The number of aromatic nitrogens is 3. The monoisotopic (exact) mass is 269 g/mol. The van der Waals surface area contributed by atoms with Gasteiger partial charge in [-0.15, -0.1) is 0 Å². The Hall–Kier alpha value is -1.72. The van der Waals surface area contributed by atoms with Crippen LogP contribution in [0.25, 0.3) is 21.8 Å². The highest BCUT2D eigenvalue weighted by Crippen LogP contribution is 2.32. The second-order valence-electron chi connectivity index (χ2n) is 3.55. The molecule has 2 aromatic heterocycles. The molecule has 0 aliphatic carbocycles. The lowest BCUT2D eigenvalue weighted by Gasteiger charge is -2.02. The van der Waals surface area contributed by atoms with Gasteiger partial charge in [-0.3, -0.25) is 15.0 Å². The Morgan fingerprint density at radius 3 is 2.65 bits per heavy atom. The van der Waals surface area contributed by atoms with Gasteiger partial charge in [0.05, 0.1) is 21.1 Å². The van der Waals surface area contributed by atoms with Gasteiger partial charge in [0.25, 0.3) is 5.56 Å². The SMILES string of the molecule is O=c1[nH][nH]c2c1c(O)nc1cc(Cl)c(Cl)cc12. The summed E-state index contributed by atoms with van der Waals surface area (Å²) in [6.45, 7) is 0. The zero-order valence-corrected chi connectivity index (χ0v) is 9.73. The summed E-state index contributed by atoms with van der Waals surface area (Å²) >= 11 is 11.8. The summed E-state index contributed by atoms with van der Waals surface area (Å²) in [4.78, 5) is 15.4. The molecule has 0 radical (unpaired) electrons. The van der Waals surface area contributed by atoms with Crippen molar-refractivity contribution in [2.45, 2.75) is 0 Å². The Balaban J connectivity index is 2.64. The summed E-state index contributed by atoms with van der Waals surface area (Å²) in [6, 6.07) is 3.13. The predicted molar refractivity (Wildman–Crippen MR) is 65.9 cm³/mol. The Kier molecular flexibility index (Phi) is 2.08. The fourth-order valence-electron chi connectivity index (χ4n) is 1.77. The topological polar surface area (TPSA) is 81.8 Å². The lowest BCUT2D eigenvalue weighted by Crippen LogP contribution is -1.98. The zero-order chi connectivity index (χ0) is 12.2. The van der Waals surface area contributed by atoms with Crippen molar-refractivity contribution in [1.29, 1.82) is 0 Å². The van der Waals surface area contributed by atoms with Gasteiger partial charge in [-0.25, -0.2) is 4.98 Å². The lowest BCUT2D eigenvalue weighted by molar-refractivity contribution is 0.462. The van der Waals surface area contributed by atoms with Gasteiger partial charge in [0.2, 0.25) is 5.88 Å². The molecule has 0 spiro atoms. The van der Waals surface area contributed by atoms with E-state index in [-0.39, 0.29) is 11.3 Å². The number of aromatic hydroxyl groups is 1. The van der Waals surface area contributed by atoms with E-state index in [1.54, 1.807) is 6.07 Å². The molecule has 1 aromatic carbocycles. The maximum Gasteiger partial charge on any atom is 0.277 e. The van der Waals surface area contributed by atoms with Crippen molar-refractivity contribution in [2.75, 3.05) is 0 Å². The molecule has 0 saturated carbocycles. The van der Waals surface area contributed by atoms with Crippen molar-refractivity contribution in [1.82, 2.24) is 15.2 Å². The van der Waals surface area contributed by atoms with Crippen molar-refractivity contribution in [3.63, 3.8) is 0 Å². The molecular weight excluding hydrogens is 265 g/mol. The second-order valence-corrected chi connectivity index (χ2v) is 4.36. The van der Waals surface area contributed by atoms with E-state index in [9.17, 15) is 9.90 Å². The third-order valence-electron chi connectivity index (χ3n) is 2.54. The number of hydrogen-bond acceptors (Lipinski definition) is 3. The molecule has 0 aliphatic heterocycles. The first-order valence-electron chi connectivity index (χ1n) is 4.66. The molecule has 0 bridgehead atoms. The van der Waals surface area contributed by atoms with Crippen LogP contribution in [-0.2, 0) is 0 Å². The minimum Gasteiger partial charge on any atom is -0.493 e. The molecule has 5 nitrogen and oxygen atoms in total. The summed E-state index contributed by atoms with van der Waals surface area (Å²) in [6.07, 6.45) is 0. The van der Waals surface area contributed by atoms with E-state index >= 15 is 0 Å². The highest BCUT2D eigenvalue weighted by molar-refractivity contribution is 6.43. The average Bonchev–Trinajstić information content (AvgIpc) is 2.65. The summed E-state index contributed by atoms with van der Waals surface area (Å²) in [5.74, 6) is -0.339. The number of fused-ring (bicyclic) bond motifs is 3. The number of hydrogen-bond donors (Lipinski definition) is 3. The van der Waals surface area contributed by atoms with E-state index < -0.39 is 5.56 Å². The number of aromatic amines is 2. The maximum atomic E-state index is 11.4. The minimum absolute atomic E-state index is 0.107. The van der Waals surface area contributed by atoms with Gasteiger partial charge >= 0.3 is 0 Å². The molecule has 3 aromatic rings. The van der Waals surface area contributed by atoms with Crippen molar-refractivity contribution in [3.05, 3.63) is 32.5 Å². The molecular formula is C10H5Cl2N3O2. The molecule has 7 heteroatoms. The Labute approximate surface area is 104 Å². The number of H-pyrrole nitrogens is 2. The molecule has 3 rings (SSSR count). The molecule has 0 unspecified atom stereocenters. The van der Waals surface area contributed by atoms with E-state index in [0.717, 1.165) is 0 Å². The van der Waals surface area contributed by atoms with Crippen LogP contribution in [0, 0.1) is 0 Å². The number of nitrogens with one attached hydrogen (secondary N) is 2. The molecule has 17 heavy (non-hydrogen) atoms. The van der Waals surface area contributed by atoms with E-state index in [2.05, 4.69) is 15.2 Å². The number of nitrogens with zero attached hydrogens (tertiary/aromatic N) is 1. The second kappa shape index (κ2) is 3.38. The summed E-state index contributed by atoms with van der Waals surface area (Å²) in [7, 11) is 0. The van der Waals surface area contributed by atoms with Crippen molar-refractivity contribution in [2.24, 2.45) is 0 Å². The zero-order valence-electron chi connectivity index (χ0n) is 8.21. The Morgan fingerprint density at radius 2 is 1.88 bits per heavy atom. The van der Waals surface area contributed by atoms with Crippen molar-refractivity contribution >= 4 is 45.0 Å². The summed E-state index contributed by atoms with van der Waals surface area (Å²) < 4.78 is 0. The Bertz CT molecular complexity index is 807. The number of pyridine rings is 1. The fourth-order valence-corrected chi connectivity index (χ4v) is 2.09. The summed E-state index contributed by atoms with van der Waals surface area (Å²) in [5.41, 5.74) is 0.480. The quantitative estimate of drug-likeness (QED) is 0.586. The van der Waals surface area contributed by atoms with Crippen LogP contribution >= 0.6 is 23.2 Å². The van der Waals surface area contributed by atoms with Crippen molar-refractivity contribution < 1.29 is 5.11 Å². The summed E-state index contributed by atoms with van der Waals surface area (Å²) in [5, 5.41) is 16.2. The minimum atomic E-state index is -0.432. The molecule has 0 saturated heterocycles. The number of halogens is 2. The van der Waals surface area contributed by atoms with Crippen LogP contribution in [0.3, 0.4) is 0 Å². The maximum absolute atomic E-state index is 11.4. The van der Waals surface area contributed by atoms with Crippen LogP contribution in [-0.4, -0.2) is 20.3 Å². The van der Waals surface area contributed by atoms with Crippen LogP contribution in [0.5, 0.6) is 5.88 Å². The van der Waals surface area contributed by atoms with Crippen molar-refractivity contribution in [3.8, 4) is 5.88 Å². The van der Waals surface area contributed by atoms with Gasteiger partial charge in [0, 0.05) is 5.39 Å². The molecule has 0 amide bonds. The predicted octanol–water partition coefficient (Wildman–Crippen LogP) is 2.42. The fraction of sp³-hybridized carbons (Fsp3) is 0. The lowest BCUT2D eigenvalue weighted by atomic mass is 10.1. The van der Waals surface area contributed by atoms with Gasteiger partial charge in [-0.1, -0.05) is 23.2 Å². The molecule has 0 atom stereocenters. The van der Waals surface area contributed by atoms with E-state index in [0.29, 0.717) is 26.5 Å². The first-order valence-corrected chi connectivity index (χ1v) is 5.41. The van der Waals surface area contributed by atoms with Gasteiger partial charge < -0.3 is 5.11 Å². The highest BCUT2D eigenvalue weighted by Gasteiger charge is 2.14. The molecule has 3 N–H and O–H groups in total. The molecule has 0 aliphatic rings. The molecule has 86 valence electrons. The standard InChI is InChI=1S/C10H5Cl2N3O2/c11-4-1-3-6(2-5(4)12)13-9(16)7-8(3)14-15-10(7)17/h1-2H,(H,13,16)(H2,14,15,17). The van der Waals surface area contributed by atoms with Gasteiger partial charge in [0.15, 0.2) is 0 Å². The van der Waals surface area contributed by atoms with E-state index in [1.807, 2.05) is 0 Å². The first-order chi connectivity index (χ1) is 8.08. The highest BCUT2D eigenvalue weighted by atomic mass is 35.5. The Morgan fingerprint density at radius 1 is 1.18 bits per heavy atom. The van der Waals surface area contributed by atoms with Gasteiger partial charge in [-0.05, 0) is 12.1 Å². The van der Waals surface area contributed by atoms with Gasteiger partial charge in [0.1, 0.15) is 5.39 Å². The number of benzene rings is 1. The normalized spacial score (nSPS) is 11.4. The van der Waals surface area contributed by atoms with E-state index in [1.165, 1.54) is 6.07 Å². The number of rotatable bonds is 0.